The summed E-state index contributed by atoms with van der Waals surface area (Å²) in [5.74, 6) is -0.322. The number of hydrazine groups is 1. The van der Waals surface area contributed by atoms with Crippen LogP contribution in [0.5, 0.6) is 0 Å². The molecule has 1 aromatic heterocycles. The number of nitrogens with zero attached hydrogens (tertiary/aromatic N) is 3. The highest BCUT2D eigenvalue weighted by Crippen LogP contribution is 2.29. The number of nitrogens with one attached hydrogen (secondary N) is 2. The topological polar surface area (TPSA) is 122 Å². The molecule has 2 N–H and O–H groups in total. The van der Waals surface area contributed by atoms with Crippen LogP contribution in [0.3, 0.4) is 0 Å². The van der Waals surface area contributed by atoms with E-state index in [1.54, 1.807) is 24.1 Å². The molecule has 1 aliphatic heterocycles. The maximum absolute atomic E-state index is 13.1. The molecule has 2 atom stereocenters. The predicted molar refractivity (Wildman–Crippen MR) is 197 cm³/mol. The van der Waals surface area contributed by atoms with E-state index in [0.29, 0.717) is 26.0 Å². The number of aromatic nitrogens is 1. The molecular weight excluding hydrogens is 634 g/mol. The maximum atomic E-state index is 13.1. The number of amides is 3. The van der Waals surface area contributed by atoms with E-state index in [9.17, 15) is 14.4 Å². The summed E-state index contributed by atoms with van der Waals surface area (Å²) in [5.41, 5.74) is 5.47. The molecule has 11 nitrogen and oxygen atoms in total. The second kappa shape index (κ2) is 19.2. The smallest absolute Gasteiger partial charge is 0.412 e. The molecule has 0 bridgehead atoms. The van der Waals surface area contributed by atoms with Crippen LogP contribution in [0.4, 0.5) is 4.79 Å². The van der Waals surface area contributed by atoms with Gasteiger partial charge in [-0.3, -0.25) is 24.9 Å². The van der Waals surface area contributed by atoms with Gasteiger partial charge in [-0.25, -0.2) is 9.80 Å². The molecule has 1 aliphatic rings. The van der Waals surface area contributed by atoms with Gasteiger partial charge in [0.15, 0.2) is 0 Å². The van der Waals surface area contributed by atoms with Gasteiger partial charge >= 0.3 is 6.09 Å². The first-order valence-corrected chi connectivity index (χ1v) is 16.8. The van der Waals surface area contributed by atoms with E-state index in [1.165, 1.54) is 11.1 Å². The lowest BCUT2D eigenvalue weighted by Crippen LogP contribution is -2.56. The highest BCUT2D eigenvalue weighted by molar-refractivity contribution is 5.84. The Morgan fingerprint density at radius 3 is 2.12 bits per heavy atom. The lowest BCUT2D eigenvalue weighted by Gasteiger charge is -2.33. The summed E-state index contributed by atoms with van der Waals surface area (Å²) in [6, 6.07) is 23.3. The predicted octanol–water partition coefficient (Wildman–Crippen LogP) is 6.37. The summed E-state index contributed by atoms with van der Waals surface area (Å²) >= 11 is 0. The fourth-order valence-electron chi connectivity index (χ4n) is 5.10. The second-order valence-corrected chi connectivity index (χ2v) is 14.7. The molecule has 2 heterocycles. The number of carbonyl (C=O) groups excluding carboxylic acids is 3. The Kier molecular flexibility index (Phi) is 16.0. The minimum absolute atomic E-state index is 0.318. The number of benzene rings is 2. The van der Waals surface area contributed by atoms with Gasteiger partial charge in [-0.1, -0.05) is 87.0 Å². The van der Waals surface area contributed by atoms with E-state index in [0.717, 1.165) is 11.3 Å². The molecule has 0 saturated carbocycles. The monoisotopic (exact) mass is 691 g/mol. The largest absolute Gasteiger partial charge is 0.444 e. The summed E-state index contributed by atoms with van der Waals surface area (Å²) in [5, 5.41) is 4.39. The molecule has 0 spiro atoms. The number of methoxy groups -OCH3 is 1. The van der Waals surface area contributed by atoms with Crippen LogP contribution >= 0.6 is 0 Å². The molecule has 0 radical (unpaired) electrons. The van der Waals surface area contributed by atoms with Crippen molar-refractivity contribution in [1.29, 1.82) is 0 Å². The number of carbonyl (C=O) groups is 3. The molecule has 3 aromatic rings. The average Bonchev–Trinajstić information content (AvgIpc) is 3.33. The number of pyridine rings is 1. The van der Waals surface area contributed by atoms with Crippen LogP contribution in [0, 0.1) is 12.3 Å². The quantitative estimate of drug-likeness (QED) is 0.196. The van der Waals surface area contributed by atoms with Crippen LogP contribution in [0.2, 0.25) is 0 Å². The van der Waals surface area contributed by atoms with Crippen molar-refractivity contribution in [3.05, 3.63) is 90.1 Å². The lowest BCUT2D eigenvalue weighted by atomic mass is 9.86. The Bertz CT molecular complexity index is 1450. The minimum Gasteiger partial charge on any atom is -0.444 e. The number of hydrogen-bond acceptors (Lipinski definition) is 8. The molecule has 11 heteroatoms. The molecule has 4 rings (SSSR count). The van der Waals surface area contributed by atoms with Crippen molar-refractivity contribution in [2.45, 2.75) is 92.3 Å². The number of rotatable bonds is 9. The molecule has 2 aromatic carbocycles. The summed E-state index contributed by atoms with van der Waals surface area (Å²) < 4.78 is 16.0. The average molecular weight is 692 g/mol. The highest BCUT2D eigenvalue weighted by atomic mass is 16.6. The zero-order valence-electron chi connectivity index (χ0n) is 31.7. The molecule has 2 unspecified atom stereocenters. The molecule has 1 fully saturated rings. The van der Waals surface area contributed by atoms with Gasteiger partial charge in [-0.05, 0) is 64.7 Å². The Morgan fingerprint density at radius 1 is 1.00 bits per heavy atom. The summed E-state index contributed by atoms with van der Waals surface area (Å²) in [7, 11) is 3.25. The zero-order chi connectivity index (χ0) is 37.5. The van der Waals surface area contributed by atoms with Gasteiger partial charge < -0.3 is 19.5 Å². The van der Waals surface area contributed by atoms with E-state index >= 15 is 0 Å². The third-order valence-electron chi connectivity index (χ3n) is 7.39. The van der Waals surface area contributed by atoms with Crippen LogP contribution in [0.25, 0.3) is 11.3 Å². The normalized spacial score (nSPS) is 15.8. The zero-order valence-corrected chi connectivity index (χ0v) is 31.7. The third kappa shape index (κ3) is 14.3. The SMILES string of the molecule is CC(C)(C)OC(=O)N1CC(CN(Cc2ccccc2)NC(=O)C(NC=O)C(C)(C)C)OC1(C)C.COC.Cc1ccc(-c2ccccn2)cc1. The van der Waals surface area contributed by atoms with Gasteiger partial charge in [0.1, 0.15) is 17.4 Å². The van der Waals surface area contributed by atoms with E-state index in [-0.39, 0.29) is 12.0 Å². The van der Waals surface area contributed by atoms with Crippen LogP contribution < -0.4 is 10.7 Å². The van der Waals surface area contributed by atoms with Crippen molar-refractivity contribution < 1.29 is 28.6 Å². The second-order valence-electron chi connectivity index (χ2n) is 14.7. The Morgan fingerprint density at radius 2 is 1.60 bits per heavy atom. The number of hydrogen-bond donors (Lipinski definition) is 2. The van der Waals surface area contributed by atoms with E-state index in [4.69, 9.17) is 9.47 Å². The van der Waals surface area contributed by atoms with E-state index in [2.05, 4.69) is 51.7 Å². The summed E-state index contributed by atoms with van der Waals surface area (Å²) in [6.07, 6.45) is 1.55. The summed E-state index contributed by atoms with van der Waals surface area (Å²) in [4.78, 5) is 42.8. The van der Waals surface area contributed by atoms with Crippen molar-refractivity contribution in [3.63, 3.8) is 0 Å². The van der Waals surface area contributed by atoms with Crippen molar-refractivity contribution >= 4 is 18.4 Å². The molecule has 0 aliphatic carbocycles. The minimum atomic E-state index is -0.859. The van der Waals surface area contributed by atoms with E-state index in [1.807, 2.05) is 110 Å². The van der Waals surface area contributed by atoms with Crippen LogP contribution in [0.15, 0.2) is 79.0 Å². The molecule has 3 amide bonds. The van der Waals surface area contributed by atoms with Crippen LogP contribution in [-0.4, -0.2) is 84.1 Å². The van der Waals surface area contributed by atoms with Crippen LogP contribution in [0.1, 0.15) is 66.5 Å². The van der Waals surface area contributed by atoms with Crippen molar-refractivity contribution in [1.82, 2.24) is 25.6 Å². The Balaban J connectivity index is 0.000000443. The first-order valence-electron chi connectivity index (χ1n) is 16.8. The van der Waals surface area contributed by atoms with Gasteiger partial charge in [0, 0.05) is 39.1 Å². The van der Waals surface area contributed by atoms with Gasteiger partial charge in [-0.15, -0.1) is 0 Å². The Hall–Kier alpha value is -4.32. The molecular formula is C39H57N5O6. The van der Waals surface area contributed by atoms with E-state index < -0.39 is 28.9 Å². The standard InChI is InChI=1S/C25H40N4O5.C12H11N.C2H6O/c1-23(2,3)20(26-17-30)21(31)27-28(14-18-12-10-9-11-13-18)15-19-16-29(25(7,8)33-19)22(32)34-24(4,5)6;1-10-5-7-11(8-6-10)12-4-2-3-9-13-12;1-3-2/h9-13,17,19-20H,14-16H2,1-8H3,(H,26,30)(H,27,31);2-9H,1H3;1-2H3. The number of aryl methyl sites for hydroxylation is 1. The van der Waals surface area contributed by atoms with Gasteiger partial charge in [-0.2, -0.15) is 0 Å². The van der Waals surface area contributed by atoms with Crippen molar-refractivity contribution in [3.8, 4) is 11.3 Å². The third-order valence-corrected chi connectivity index (χ3v) is 7.39. The molecule has 274 valence electrons. The van der Waals surface area contributed by atoms with Crippen molar-refractivity contribution in [2.24, 2.45) is 5.41 Å². The molecule has 1 saturated heterocycles. The Labute approximate surface area is 298 Å². The molecule has 50 heavy (non-hydrogen) atoms. The van der Waals surface area contributed by atoms with Gasteiger partial charge in [0.2, 0.25) is 6.41 Å². The first-order chi connectivity index (χ1) is 23.4. The fraction of sp³-hybridized carbons (Fsp3) is 0.487. The van der Waals surface area contributed by atoms with Crippen molar-refractivity contribution in [2.75, 3.05) is 27.3 Å². The summed E-state index contributed by atoms with van der Waals surface area (Å²) in [6.45, 7) is 17.9. The maximum Gasteiger partial charge on any atom is 0.412 e. The lowest BCUT2D eigenvalue weighted by molar-refractivity contribution is -0.134. The fourth-order valence-corrected chi connectivity index (χ4v) is 5.10. The van der Waals surface area contributed by atoms with Gasteiger partial charge in [0.25, 0.3) is 5.91 Å². The van der Waals surface area contributed by atoms with Gasteiger partial charge in [0.05, 0.1) is 18.3 Å². The first kappa shape index (κ1) is 41.8. The van der Waals surface area contributed by atoms with Crippen LogP contribution in [-0.2, 0) is 30.3 Å². The highest BCUT2D eigenvalue weighted by Gasteiger charge is 2.45. The number of ether oxygens (including phenoxy) is 3.